The Hall–Kier alpha value is -0.170. The van der Waals surface area contributed by atoms with E-state index in [1.165, 1.54) is 0 Å². The predicted octanol–water partition coefficient (Wildman–Crippen LogP) is 0.427. The van der Waals surface area contributed by atoms with E-state index in [9.17, 15) is 8.42 Å². The molecule has 2 aliphatic rings. The number of piperidine rings is 1. The van der Waals surface area contributed by atoms with Gasteiger partial charge in [0, 0.05) is 26.3 Å². The Morgan fingerprint density at radius 2 is 1.78 bits per heavy atom. The average molecular weight is 276 g/mol. The second-order valence-corrected chi connectivity index (χ2v) is 7.40. The third kappa shape index (κ3) is 3.66. The summed E-state index contributed by atoms with van der Waals surface area (Å²) in [6.07, 6.45) is 3.59. The van der Waals surface area contributed by atoms with E-state index >= 15 is 0 Å². The summed E-state index contributed by atoms with van der Waals surface area (Å²) in [6, 6.07) is 0.130. The molecular weight excluding hydrogens is 252 g/mol. The minimum Gasteiger partial charge on any atom is -0.381 e. The third-order valence-electron chi connectivity index (χ3n) is 4.05. The molecule has 2 aliphatic heterocycles. The van der Waals surface area contributed by atoms with Crippen molar-refractivity contribution >= 4 is 10.0 Å². The highest BCUT2D eigenvalue weighted by molar-refractivity contribution is 7.89. The summed E-state index contributed by atoms with van der Waals surface area (Å²) in [5.74, 6) is 0.626. The van der Waals surface area contributed by atoms with Crippen molar-refractivity contribution in [2.75, 3.05) is 39.1 Å². The van der Waals surface area contributed by atoms with Gasteiger partial charge in [-0.05, 0) is 44.7 Å². The molecule has 0 unspecified atom stereocenters. The van der Waals surface area contributed by atoms with Gasteiger partial charge in [0.2, 0.25) is 10.0 Å². The van der Waals surface area contributed by atoms with E-state index in [0.717, 1.165) is 38.8 Å². The second kappa shape index (κ2) is 6.32. The number of hydrogen-bond acceptors (Lipinski definition) is 4. The first-order valence-electron chi connectivity index (χ1n) is 6.84. The molecular formula is C12H24N2O3S. The van der Waals surface area contributed by atoms with E-state index in [1.54, 1.807) is 11.4 Å². The van der Waals surface area contributed by atoms with Crippen LogP contribution in [0.1, 0.15) is 25.7 Å². The van der Waals surface area contributed by atoms with Crippen LogP contribution in [0.3, 0.4) is 0 Å². The lowest BCUT2D eigenvalue weighted by atomic mass is 10.0. The van der Waals surface area contributed by atoms with Crippen molar-refractivity contribution in [2.24, 2.45) is 5.92 Å². The van der Waals surface area contributed by atoms with Crippen molar-refractivity contribution in [3.05, 3.63) is 0 Å². The number of ether oxygens (including phenoxy) is 1. The number of nitrogens with zero attached hydrogens (tertiary/aromatic N) is 1. The van der Waals surface area contributed by atoms with Gasteiger partial charge >= 0.3 is 0 Å². The Morgan fingerprint density at radius 1 is 1.17 bits per heavy atom. The third-order valence-corrected chi connectivity index (χ3v) is 6.12. The predicted molar refractivity (Wildman–Crippen MR) is 71.0 cm³/mol. The van der Waals surface area contributed by atoms with Crippen LogP contribution in [0.2, 0.25) is 0 Å². The minimum absolute atomic E-state index is 0.130. The molecule has 0 radical (unpaired) electrons. The first-order valence-corrected chi connectivity index (χ1v) is 8.44. The zero-order chi connectivity index (χ0) is 13.0. The van der Waals surface area contributed by atoms with Gasteiger partial charge in [-0.3, -0.25) is 0 Å². The van der Waals surface area contributed by atoms with Crippen molar-refractivity contribution in [1.82, 2.24) is 9.62 Å². The largest absolute Gasteiger partial charge is 0.381 e. The van der Waals surface area contributed by atoms with Crippen LogP contribution in [0.4, 0.5) is 0 Å². The minimum atomic E-state index is -3.11. The van der Waals surface area contributed by atoms with Gasteiger partial charge < -0.3 is 10.1 Å². The van der Waals surface area contributed by atoms with Crippen LogP contribution in [-0.2, 0) is 14.8 Å². The fourth-order valence-electron chi connectivity index (χ4n) is 2.74. The van der Waals surface area contributed by atoms with E-state index in [-0.39, 0.29) is 6.04 Å². The zero-order valence-corrected chi connectivity index (χ0v) is 11.9. The van der Waals surface area contributed by atoms with Gasteiger partial charge in [-0.15, -0.1) is 0 Å². The van der Waals surface area contributed by atoms with Crippen LogP contribution >= 0.6 is 0 Å². The molecule has 0 aromatic heterocycles. The fraction of sp³-hybridized carbons (Fsp3) is 1.00. The maximum absolute atomic E-state index is 12.4. The van der Waals surface area contributed by atoms with E-state index in [2.05, 4.69) is 5.32 Å². The van der Waals surface area contributed by atoms with Crippen molar-refractivity contribution in [3.63, 3.8) is 0 Å². The molecule has 0 spiro atoms. The van der Waals surface area contributed by atoms with Crippen molar-refractivity contribution in [2.45, 2.75) is 31.7 Å². The highest BCUT2D eigenvalue weighted by atomic mass is 32.2. The molecule has 6 heteroatoms. The van der Waals surface area contributed by atoms with Crippen molar-refractivity contribution in [1.29, 1.82) is 0 Å². The topological polar surface area (TPSA) is 58.6 Å². The normalized spacial score (nSPS) is 24.6. The smallest absolute Gasteiger partial charge is 0.214 e. The summed E-state index contributed by atoms with van der Waals surface area (Å²) in [5.41, 5.74) is 0. The van der Waals surface area contributed by atoms with Crippen LogP contribution in [0.5, 0.6) is 0 Å². The van der Waals surface area contributed by atoms with Crippen LogP contribution in [0.15, 0.2) is 0 Å². The maximum Gasteiger partial charge on any atom is 0.214 e. The van der Waals surface area contributed by atoms with Gasteiger partial charge in [0.15, 0.2) is 0 Å². The van der Waals surface area contributed by atoms with Crippen LogP contribution in [0.25, 0.3) is 0 Å². The molecule has 1 N–H and O–H groups in total. The van der Waals surface area contributed by atoms with Gasteiger partial charge in [-0.2, -0.15) is 0 Å². The molecule has 2 saturated heterocycles. The van der Waals surface area contributed by atoms with Crippen LogP contribution < -0.4 is 5.32 Å². The molecule has 0 saturated carbocycles. The monoisotopic (exact) mass is 276 g/mol. The van der Waals surface area contributed by atoms with Gasteiger partial charge in [0.05, 0.1) is 5.75 Å². The second-order valence-electron chi connectivity index (χ2n) is 5.33. The Morgan fingerprint density at radius 3 is 2.39 bits per heavy atom. The summed E-state index contributed by atoms with van der Waals surface area (Å²) in [4.78, 5) is 0. The Labute approximate surface area is 110 Å². The number of nitrogens with one attached hydrogen (secondary N) is 1. The lowest BCUT2D eigenvalue weighted by Gasteiger charge is -2.32. The lowest BCUT2D eigenvalue weighted by Crippen LogP contribution is -2.43. The average Bonchev–Trinajstić information content (AvgIpc) is 2.39. The quantitative estimate of drug-likeness (QED) is 0.809. The summed E-state index contributed by atoms with van der Waals surface area (Å²) < 4.78 is 31.6. The number of rotatable bonds is 4. The van der Waals surface area contributed by atoms with Crippen molar-refractivity contribution < 1.29 is 13.2 Å². The highest BCUT2D eigenvalue weighted by Gasteiger charge is 2.30. The summed E-state index contributed by atoms with van der Waals surface area (Å²) >= 11 is 0. The summed E-state index contributed by atoms with van der Waals surface area (Å²) in [7, 11) is -1.38. The van der Waals surface area contributed by atoms with Gasteiger partial charge in [0.1, 0.15) is 0 Å². The van der Waals surface area contributed by atoms with Gasteiger partial charge in [0.25, 0.3) is 0 Å². The number of sulfonamides is 1. The van der Waals surface area contributed by atoms with Gasteiger partial charge in [-0.25, -0.2) is 12.7 Å². The first kappa shape index (κ1) is 14.2. The Bertz CT molecular complexity index is 346. The maximum atomic E-state index is 12.4. The molecule has 0 aromatic carbocycles. The molecule has 2 rings (SSSR count). The molecule has 2 fully saturated rings. The Kier molecular flexibility index (Phi) is 5.00. The molecule has 0 bridgehead atoms. The summed E-state index contributed by atoms with van der Waals surface area (Å²) in [6.45, 7) is 3.25. The molecule has 2 heterocycles. The van der Waals surface area contributed by atoms with E-state index < -0.39 is 10.0 Å². The molecule has 0 aromatic rings. The standard InChI is InChI=1S/C12H24N2O3S/c1-14(12-4-8-17-9-5-12)18(15,16)10-11-2-6-13-7-3-11/h11-13H,2-10H2,1H3. The molecule has 0 aliphatic carbocycles. The molecule has 5 nitrogen and oxygen atoms in total. The SMILES string of the molecule is CN(C1CCOCC1)S(=O)(=O)CC1CCNCC1. The van der Waals surface area contributed by atoms with Crippen LogP contribution in [0, 0.1) is 5.92 Å². The van der Waals surface area contributed by atoms with Gasteiger partial charge in [-0.1, -0.05) is 0 Å². The molecule has 0 amide bonds. The lowest BCUT2D eigenvalue weighted by molar-refractivity contribution is 0.0631. The molecule has 18 heavy (non-hydrogen) atoms. The van der Waals surface area contributed by atoms with E-state index in [1.807, 2.05) is 0 Å². The van der Waals surface area contributed by atoms with Crippen molar-refractivity contribution in [3.8, 4) is 0 Å². The summed E-state index contributed by atoms with van der Waals surface area (Å²) in [5, 5.41) is 3.27. The molecule has 106 valence electrons. The number of hydrogen-bond donors (Lipinski definition) is 1. The van der Waals surface area contributed by atoms with E-state index in [4.69, 9.17) is 4.74 Å². The first-order chi connectivity index (χ1) is 8.59. The highest BCUT2D eigenvalue weighted by Crippen LogP contribution is 2.20. The molecule has 0 atom stereocenters. The fourth-order valence-corrected chi connectivity index (χ4v) is 4.57. The van der Waals surface area contributed by atoms with Crippen LogP contribution in [-0.4, -0.2) is 57.9 Å². The van der Waals surface area contributed by atoms with E-state index in [0.29, 0.717) is 24.9 Å². The Balaban J connectivity index is 1.91. The zero-order valence-electron chi connectivity index (χ0n) is 11.1.